The topological polar surface area (TPSA) is 46.5 Å². The smallest absolute Gasteiger partial charge is 0.303 e. The van der Waals surface area contributed by atoms with Gasteiger partial charge < -0.3 is 9.84 Å². The van der Waals surface area contributed by atoms with Gasteiger partial charge in [0.15, 0.2) is 0 Å². The summed E-state index contributed by atoms with van der Waals surface area (Å²) in [6.45, 7) is 3.50. The average Bonchev–Trinajstić information content (AvgIpc) is 2.46. The molecular formula is C18H28O3. The van der Waals surface area contributed by atoms with Crippen LogP contribution in [0, 0.1) is 0 Å². The van der Waals surface area contributed by atoms with E-state index in [0.717, 1.165) is 12.8 Å². The summed E-state index contributed by atoms with van der Waals surface area (Å²) < 4.78 is 5.43. The lowest BCUT2D eigenvalue weighted by Crippen LogP contribution is -1.92. The third-order valence-corrected chi connectivity index (χ3v) is 2.69. The Kier molecular flexibility index (Phi) is 15.3. The summed E-state index contributed by atoms with van der Waals surface area (Å²) in [5.41, 5.74) is 2.96. The fraction of sp³-hybridized carbons (Fsp3) is 0.556. The van der Waals surface area contributed by atoms with Crippen molar-refractivity contribution < 1.29 is 14.6 Å². The number of carbonyl (C=O) groups is 1. The lowest BCUT2D eigenvalue weighted by atomic mass is 10.2. The van der Waals surface area contributed by atoms with Crippen molar-refractivity contribution in [2.24, 2.45) is 0 Å². The molecule has 0 amide bonds. The van der Waals surface area contributed by atoms with Gasteiger partial charge in [-0.2, -0.15) is 0 Å². The van der Waals surface area contributed by atoms with E-state index in [-0.39, 0.29) is 6.42 Å². The van der Waals surface area contributed by atoms with E-state index in [9.17, 15) is 4.79 Å². The number of carboxylic acid groups (broad SMARTS) is 1. The standard InChI is InChI=1S/C18H28O3/c1-2-3-4-5-6-7-10-13-16-21-17-14-11-8-9-12-15-18(19)20/h5-6,9-11,13H,2-4,7,12,14-17H2,1H3,(H,19,20). The zero-order valence-corrected chi connectivity index (χ0v) is 13.1. The average molecular weight is 292 g/mol. The highest BCUT2D eigenvalue weighted by molar-refractivity contribution is 5.66. The van der Waals surface area contributed by atoms with Crippen LogP contribution in [0.5, 0.6) is 0 Å². The summed E-state index contributed by atoms with van der Waals surface area (Å²) in [6.07, 6.45) is 18.4. The van der Waals surface area contributed by atoms with Crippen molar-refractivity contribution in [3.63, 3.8) is 0 Å². The molecule has 0 aromatic heterocycles. The lowest BCUT2D eigenvalue weighted by Gasteiger charge is -1.95. The molecule has 0 saturated heterocycles. The zero-order chi connectivity index (χ0) is 15.6. The molecule has 0 atom stereocenters. The van der Waals surface area contributed by atoms with Crippen molar-refractivity contribution in [1.29, 1.82) is 0 Å². The van der Waals surface area contributed by atoms with Crippen molar-refractivity contribution in [2.75, 3.05) is 13.2 Å². The Morgan fingerprint density at radius 1 is 1.10 bits per heavy atom. The maximum absolute atomic E-state index is 10.3. The van der Waals surface area contributed by atoms with E-state index in [0.29, 0.717) is 19.6 Å². The van der Waals surface area contributed by atoms with Crippen LogP contribution in [-0.4, -0.2) is 24.3 Å². The number of allylic oxidation sites excluding steroid dienone is 3. The summed E-state index contributed by atoms with van der Waals surface area (Å²) in [7, 11) is 0. The molecule has 0 aliphatic carbocycles. The molecular weight excluding hydrogens is 264 g/mol. The van der Waals surface area contributed by atoms with Crippen LogP contribution in [0.15, 0.2) is 42.2 Å². The zero-order valence-electron chi connectivity index (χ0n) is 13.1. The number of rotatable bonds is 13. The molecule has 0 unspecified atom stereocenters. The number of hydrogen-bond acceptors (Lipinski definition) is 2. The van der Waals surface area contributed by atoms with Crippen molar-refractivity contribution in [2.45, 2.75) is 51.9 Å². The molecule has 21 heavy (non-hydrogen) atoms. The minimum Gasteiger partial charge on any atom is -0.481 e. The first-order valence-electron chi connectivity index (χ1n) is 7.76. The summed E-state index contributed by atoms with van der Waals surface area (Å²) >= 11 is 0. The predicted octanol–water partition coefficient (Wildman–Crippen LogP) is 4.66. The molecule has 3 heteroatoms. The van der Waals surface area contributed by atoms with Crippen molar-refractivity contribution in [3.8, 4) is 0 Å². The Morgan fingerprint density at radius 3 is 2.62 bits per heavy atom. The molecule has 0 aliphatic rings. The molecule has 1 N–H and O–H groups in total. The van der Waals surface area contributed by atoms with Gasteiger partial charge in [0.2, 0.25) is 0 Å². The van der Waals surface area contributed by atoms with Gasteiger partial charge in [-0.3, -0.25) is 4.79 Å². The third-order valence-electron chi connectivity index (χ3n) is 2.69. The Balaban J connectivity index is 3.37. The van der Waals surface area contributed by atoms with Crippen LogP contribution in [0.1, 0.15) is 51.9 Å². The van der Waals surface area contributed by atoms with Crippen LogP contribution in [-0.2, 0) is 9.53 Å². The van der Waals surface area contributed by atoms with E-state index in [1.54, 1.807) is 6.08 Å². The first kappa shape index (κ1) is 19.4. The number of aliphatic carboxylic acids is 1. The minimum absolute atomic E-state index is 0.162. The first-order chi connectivity index (χ1) is 10.3. The molecule has 0 aromatic rings. The van der Waals surface area contributed by atoms with Crippen LogP contribution in [0.25, 0.3) is 0 Å². The molecule has 0 rings (SSSR count). The van der Waals surface area contributed by atoms with Crippen LogP contribution in [0.4, 0.5) is 0 Å². The van der Waals surface area contributed by atoms with E-state index in [1.165, 1.54) is 19.3 Å². The highest BCUT2D eigenvalue weighted by Gasteiger charge is 1.90. The monoisotopic (exact) mass is 292 g/mol. The summed E-state index contributed by atoms with van der Waals surface area (Å²) in [6, 6.07) is 0. The molecule has 0 heterocycles. The van der Waals surface area contributed by atoms with Crippen LogP contribution in [0.2, 0.25) is 0 Å². The normalized spacial score (nSPS) is 10.9. The Hall–Kier alpha value is -1.57. The van der Waals surface area contributed by atoms with Gasteiger partial charge in [0.25, 0.3) is 0 Å². The van der Waals surface area contributed by atoms with E-state index >= 15 is 0 Å². The summed E-state index contributed by atoms with van der Waals surface area (Å²) in [4.78, 5) is 10.3. The second-order valence-electron chi connectivity index (χ2n) is 4.69. The Labute approximate surface area is 128 Å². The molecule has 0 aliphatic heterocycles. The van der Waals surface area contributed by atoms with Crippen LogP contribution < -0.4 is 0 Å². The summed E-state index contributed by atoms with van der Waals surface area (Å²) in [5, 5.41) is 8.44. The Bertz CT molecular complexity index is 361. The lowest BCUT2D eigenvalue weighted by molar-refractivity contribution is -0.136. The second kappa shape index (κ2) is 16.5. The van der Waals surface area contributed by atoms with Gasteiger partial charge in [0, 0.05) is 6.42 Å². The van der Waals surface area contributed by atoms with Gasteiger partial charge >= 0.3 is 5.97 Å². The molecule has 0 spiro atoms. The van der Waals surface area contributed by atoms with Crippen molar-refractivity contribution in [1.82, 2.24) is 0 Å². The highest BCUT2D eigenvalue weighted by Crippen LogP contribution is 1.96. The first-order valence-corrected chi connectivity index (χ1v) is 7.76. The third kappa shape index (κ3) is 18.4. The van der Waals surface area contributed by atoms with E-state index in [1.807, 2.05) is 12.2 Å². The molecule has 118 valence electrons. The molecule has 0 bridgehead atoms. The van der Waals surface area contributed by atoms with Crippen molar-refractivity contribution in [3.05, 3.63) is 42.2 Å². The number of hydrogen-bond donors (Lipinski definition) is 1. The van der Waals surface area contributed by atoms with Crippen molar-refractivity contribution >= 4 is 5.97 Å². The van der Waals surface area contributed by atoms with E-state index in [2.05, 4.69) is 30.9 Å². The highest BCUT2D eigenvalue weighted by atomic mass is 16.5. The largest absolute Gasteiger partial charge is 0.481 e. The SMILES string of the molecule is CCCCC=CCC=CCOCCC=C=CCCC(=O)O. The molecule has 0 aromatic carbocycles. The van der Waals surface area contributed by atoms with Gasteiger partial charge in [-0.1, -0.05) is 44.1 Å². The number of unbranched alkanes of at least 4 members (excludes halogenated alkanes) is 2. The minimum atomic E-state index is -0.775. The number of ether oxygens (including phenoxy) is 1. The molecule has 0 fully saturated rings. The maximum Gasteiger partial charge on any atom is 0.303 e. The van der Waals surface area contributed by atoms with E-state index < -0.39 is 5.97 Å². The predicted molar refractivity (Wildman–Crippen MR) is 87.4 cm³/mol. The fourth-order valence-corrected chi connectivity index (χ4v) is 1.52. The summed E-state index contributed by atoms with van der Waals surface area (Å²) in [5.74, 6) is -0.775. The van der Waals surface area contributed by atoms with Gasteiger partial charge in [-0.15, -0.1) is 5.73 Å². The molecule has 0 saturated carbocycles. The molecule has 0 radical (unpaired) electrons. The van der Waals surface area contributed by atoms with Crippen LogP contribution in [0.3, 0.4) is 0 Å². The fourth-order valence-electron chi connectivity index (χ4n) is 1.52. The Morgan fingerprint density at radius 2 is 1.86 bits per heavy atom. The second-order valence-corrected chi connectivity index (χ2v) is 4.69. The quantitative estimate of drug-likeness (QED) is 0.305. The number of carboxylic acids is 1. The maximum atomic E-state index is 10.3. The van der Waals surface area contributed by atoms with Crippen LogP contribution >= 0.6 is 0 Å². The molecule has 3 nitrogen and oxygen atoms in total. The van der Waals surface area contributed by atoms with E-state index in [4.69, 9.17) is 9.84 Å². The van der Waals surface area contributed by atoms with Gasteiger partial charge in [0.1, 0.15) is 0 Å². The van der Waals surface area contributed by atoms with Gasteiger partial charge in [-0.05, 0) is 37.8 Å². The van der Waals surface area contributed by atoms with Gasteiger partial charge in [-0.25, -0.2) is 0 Å². The van der Waals surface area contributed by atoms with Gasteiger partial charge in [0.05, 0.1) is 13.2 Å².